The van der Waals surface area contributed by atoms with Gasteiger partial charge in [-0.2, -0.15) is 0 Å². The second-order valence-electron chi connectivity index (χ2n) is 3.58. The number of carbonyl (C=O) groups excluding carboxylic acids is 1. The number of ether oxygens (including phenoxy) is 1. The monoisotopic (exact) mass is 219 g/mol. The molecule has 0 amide bonds. The molecule has 16 heavy (non-hydrogen) atoms. The van der Waals surface area contributed by atoms with E-state index in [1.54, 1.807) is 0 Å². The zero-order valence-electron chi connectivity index (χ0n) is 9.77. The molecule has 0 heterocycles. The van der Waals surface area contributed by atoms with E-state index >= 15 is 0 Å². The van der Waals surface area contributed by atoms with Crippen LogP contribution in [-0.2, 0) is 9.53 Å². The van der Waals surface area contributed by atoms with Gasteiger partial charge in [-0.1, -0.05) is 25.1 Å². The maximum Gasteiger partial charge on any atom is 0.311 e. The highest BCUT2D eigenvalue weighted by atomic mass is 16.5. The first-order valence-corrected chi connectivity index (χ1v) is 5.47. The van der Waals surface area contributed by atoms with Gasteiger partial charge in [-0.15, -0.1) is 0 Å². The fourth-order valence-corrected chi connectivity index (χ4v) is 1.24. The van der Waals surface area contributed by atoms with Gasteiger partial charge < -0.3 is 4.74 Å². The lowest BCUT2D eigenvalue weighted by Gasteiger charge is -2.02. The van der Waals surface area contributed by atoms with Crippen molar-refractivity contribution in [2.24, 2.45) is 4.99 Å². The van der Waals surface area contributed by atoms with Gasteiger partial charge in [0.25, 0.3) is 0 Å². The van der Waals surface area contributed by atoms with E-state index in [0.717, 1.165) is 17.8 Å². The minimum absolute atomic E-state index is 0.209. The second-order valence-corrected chi connectivity index (χ2v) is 3.58. The predicted molar refractivity (Wildman–Crippen MR) is 65.1 cm³/mol. The van der Waals surface area contributed by atoms with Gasteiger partial charge in [0.2, 0.25) is 0 Å². The zero-order valence-corrected chi connectivity index (χ0v) is 9.77. The van der Waals surface area contributed by atoms with Crippen molar-refractivity contribution < 1.29 is 9.53 Å². The quantitative estimate of drug-likeness (QED) is 0.563. The van der Waals surface area contributed by atoms with E-state index in [2.05, 4.69) is 4.99 Å². The van der Waals surface area contributed by atoms with Crippen LogP contribution in [0.5, 0.6) is 0 Å². The molecule has 0 unspecified atom stereocenters. The van der Waals surface area contributed by atoms with E-state index < -0.39 is 0 Å². The molecule has 0 fully saturated rings. The number of para-hydroxylation sites is 1. The van der Waals surface area contributed by atoms with Crippen molar-refractivity contribution in [3.05, 3.63) is 30.3 Å². The Morgan fingerprint density at radius 1 is 1.31 bits per heavy atom. The third-order valence-corrected chi connectivity index (χ3v) is 1.94. The SMILES string of the molecule is CCCOC(=O)C/C(C)=N\c1ccccc1. The average molecular weight is 219 g/mol. The lowest BCUT2D eigenvalue weighted by Crippen LogP contribution is -2.09. The zero-order chi connectivity index (χ0) is 11.8. The standard InChI is InChI=1S/C13H17NO2/c1-3-9-16-13(15)10-11(2)14-12-7-5-4-6-8-12/h4-8H,3,9-10H2,1-2H3/b14-11-. The maximum absolute atomic E-state index is 11.3. The molecule has 0 atom stereocenters. The van der Waals surface area contributed by atoms with Crippen LogP contribution in [0, 0.1) is 0 Å². The van der Waals surface area contributed by atoms with Gasteiger partial charge in [0.15, 0.2) is 0 Å². The highest BCUT2D eigenvalue weighted by molar-refractivity contribution is 5.98. The summed E-state index contributed by atoms with van der Waals surface area (Å²) in [5.41, 5.74) is 1.63. The fourth-order valence-electron chi connectivity index (χ4n) is 1.24. The van der Waals surface area contributed by atoms with Crippen LogP contribution in [0.4, 0.5) is 5.69 Å². The Labute approximate surface area is 96.2 Å². The van der Waals surface area contributed by atoms with Crippen molar-refractivity contribution in [3.63, 3.8) is 0 Å². The van der Waals surface area contributed by atoms with Crippen LogP contribution in [0.3, 0.4) is 0 Å². The van der Waals surface area contributed by atoms with E-state index in [0.29, 0.717) is 6.61 Å². The molecular weight excluding hydrogens is 202 g/mol. The maximum atomic E-state index is 11.3. The van der Waals surface area contributed by atoms with Gasteiger partial charge in [0.05, 0.1) is 18.7 Å². The Morgan fingerprint density at radius 3 is 2.62 bits per heavy atom. The Kier molecular flexibility index (Phi) is 5.26. The highest BCUT2D eigenvalue weighted by Crippen LogP contribution is 2.10. The van der Waals surface area contributed by atoms with Crippen molar-refractivity contribution >= 4 is 17.4 Å². The Balaban J connectivity index is 2.49. The smallest absolute Gasteiger partial charge is 0.311 e. The van der Waals surface area contributed by atoms with Gasteiger partial charge in [-0.05, 0) is 25.5 Å². The summed E-state index contributed by atoms with van der Waals surface area (Å²) in [7, 11) is 0. The lowest BCUT2D eigenvalue weighted by atomic mass is 10.3. The Hall–Kier alpha value is -1.64. The van der Waals surface area contributed by atoms with Crippen molar-refractivity contribution in [3.8, 4) is 0 Å². The summed E-state index contributed by atoms with van der Waals surface area (Å²) in [4.78, 5) is 15.6. The van der Waals surface area contributed by atoms with Gasteiger partial charge >= 0.3 is 5.97 Å². The summed E-state index contributed by atoms with van der Waals surface area (Å²) in [5, 5.41) is 0. The average Bonchev–Trinajstić information content (AvgIpc) is 2.27. The summed E-state index contributed by atoms with van der Waals surface area (Å²) in [6, 6.07) is 9.58. The minimum atomic E-state index is -0.209. The van der Waals surface area contributed by atoms with Crippen LogP contribution < -0.4 is 0 Å². The summed E-state index contributed by atoms with van der Waals surface area (Å²) < 4.78 is 4.98. The van der Waals surface area contributed by atoms with Crippen LogP contribution in [0.25, 0.3) is 0 Å². The first-order valence-electron chi connectivity index (χ1n) is 5.47. The van der Waals surface area contributed by atoms with Crippen molar-refractivity contribution in [1.82, 2.24) is 0 Å². The fraction of sp³-hybridized carbons (Fsp3) is 0.385. The van der Waals surface area contributed by atoms with Gasteiger partial charge in [-0.3, -0.25) is 9.79 Å². The molecule has 1 rings (SSSR count). The number of carbonyl (C=O) groups is 1. The molecule has 0 saturated heterocycles. The molecule has 0 radical (unpaired) electrons. The van der Waals surface area contributed by atoms with Crippen molar-refractivity contribution in [2.45, 2.75) is 26.7 Å². The molecule has 0 saturated carbocycles. The molecule has 0 aliphatic heterocycles. The Morgan fingerprint density at radius 2 is 2.00 bits per heavy atom. The van der Waals surface area contributed by atoms with Crippen LogP contribution in [-0.4, -0.2) is 18.3 Å². The summed E-state index contributed by atoms with van der Waals surface area (Å²) in [6.45, 7) is 4.29. The number of hydrogen-bond donors (Lipinski definition) is 0. The predicted octanol–water partition coefficient (Wildman–Crippen LogP) is 3.12. The molecular formula is C13H17NO2. The molecule has 0 N–H and O–H groups in total. The van der Waals surface area contributed by atoms with Crippen LogP contribution >= 0.6 is 0 Å². The molecule has 0 aliphatic carbocycles. The molecule has 0 aliphatic rings. The molecule has 0 spiro atoms. The van der Waals surface area contributed by atoms with E-state index in [1.165, 1.54) is 0 Å². The first-order chi connectivity index (χ1) is 7.72. The van der Waals surface area contributed by atoms with Gasteiger partial charge in [0, 0.05) is 5.71 Å². The topological polar surface area (TPSA) is 38.7 Å². The number of benzene rings is 1. The minimum Gasteiger partial charge on any atom is -0.465 e. The van der Waals surface area contributed by atoms with E-state index in [-0.39, 0.29) is 12.4 Å². The number of aliphatic imine (C=N–C) groups is 1. The third kappa shape index (κ3) is 4.73. The number of nitrogens with zero attached hydrogens (tertiary/aromatic N) is 1. The molecule has 1 aromatic rings. The second kappa shape index (κ2) is 6.77. The summed E-state index contributed by atoms with van der Waals surface area (Å²) in [6.07, 6.45) is 1.11. The normalized spacial score (nSPS) is 11.2. The van der Waals surface area contributed by atoms with E-state index in [9.17, 15) is 4.79 Å². The molecule has 86 valence electrons. The van der Waals surface area contributed by atoms with E-state index in [1.807, 2.05) is 44.2 Å². The lowest BCUT2D eigenvalue weighted by molar-refractivity contribution is -0.142. The summed E-state index contributed by atoms with van der Waals surface area (Å²) >= 11 is 0. The molecule has 1 aromatic carbocycles. The van der Waals surface area contributed by atoms with Crippen LogP contribution in [0.1, 0.15) is 26.7 Å². The van der Waals surface area contributed by atoms with Crippen molar-refractivity contribution in [1.29, 1.82) is 0 Å². The third-order valence-electron chi connectivity index (χ3n) is 1.94. The van der Waals surface area contributed by atoms with Gasteiger partial charge in [0.1, 0.15) is 0 Å². The summed E-state index contributed by atoms with van der Waals surface area (Å²) in [5.74, 6) is -0.209. The first kappa shape index (κ1) is 12.4. The van der Waals surface area contributed by atoms with Crippen LogP contribution in [0.15, 0.2) is 35.3 Å². The molecule has 0 bridgehead atoms. The van der Waals surface area contributed by atoms with Gasteiger partial charge in [-0.25, -0.2) is 0 Å². The van der Waals surface area contributed by atoms with E-state index in [4.69, 9.17) is 4.74 Å². The Bertz CT molecular complexity index is 357. The number of esters is 1. The number of hydrogen-bond acceptors (Lipinski definition) is 3. The largest absolute Gasteiger partial charge is 0.465 e. The molecule has 3 heteroatoms. The van der Waals surface area contributed by atoms with Crippen LogP contribution in [0.2, 0.25) is 0 Å². The number of rotatable bonds is 5. The highest BCUT2D eigenvalue weighted by Gasteiger charge is 2.04. The van der Waals surface area contributed by atoms with Crippen molar-refractivity contribution in [2.75, 3.05) is 6.61 Å². The molecule has 0 aromatic heterocycles. The molecule has 3 nitrogen and oxygen atoms in total.